The fourth-order valence-electron chi connectivity index (χ4n) is 2.71. The predicted octanol–water partition coefficient (Wildman–Crippen LogP) is -0.0750. The Morgan fingerprint density at radius 3 is 2.85 bits per heavy atom. The zero-order valence-corrected chi connectivity index (χ0v) is 15.5. The number of rotatable bonds is 6. The second-order valence-corrected chi connectivity index (χ2v) is 6.23. The Morgan fingerprint density at radius 1 is 1.48 bits per heavy atom. The minimum atomic E-state index is -4.43. The SMILES string of the molecule is CN=C(NCC(=O)N(C)CC(F)(F)F)NC1CCc2nc(COC)nn2C1. The number of likely N-dealkylation sites (N-methyl/N-ethyl adjacent to an activating group) is 1. The molecule has 1 unspecified atom stereocenters. The highest BCUT2D eigenvalue weighted by atomic mass is 19.4. The summed E-state index contributed by atoms with van der Waals surface area (Å²) < 4.78 is 43.8. The van der Waals surface area contributed by atoms with E-state index in [9.17, 15) is 18.0 Å². The smallest absolute Gasteiger partial charge is 0.377 e. The van der Waals surface area contributed by atoms with Gasteiger partial charge in [0.2, 0.25) is 5.91 Å². The molecule has 1 aromatic rings. The fourth-order valence-corrected chi connectivity index (χ4v) is 2.71. The number of aryl methyl sites for hydroxylation is 1. The van der Waals surface area contributed by atoms with Gasteiger partial charge in [0.25, 0.3) is 0 Å². The van der Waals surface area contributed by atoms with Gasteiger partial charge in [-0.05, 0) is 6.42 Å². The van der Waals surface area contributed by atoms with Crippen LogP contribution in [0, 0.1) is 0 Å². The number of aromatic nitrogens is 3. The second-order valence-electron chi connectivity index (χ2n) is 6.23. The minimum Gasteiger partial charge on any atom is -0.377 e. The molecule has 152 valence electrons. The monoisotopic (exact) mass is 391 g/mol. The van der Waals surface area contributed by atoms with Crippen molar-refractivity contribution in [2.45, 2.75) is 38.2 Å². The molecule has 1 aliphatic rings. The summed E-state index contributed by atoms with van der Waals surface area (Å²) in [6, 6.07) is 0.00352. The van der Waals surface area contributed by atoms with Gasteiger partial charge in [-0.3, -0.25) is 9.79 Å². The van der Waals surface area contributed by atoms with E-state index in [-0.39, 0.29) is 12.6 Å². The molecule has 9 nitrogen and oxygen atoms in total. The molecule has 1 aromatic heterocycles. The summed E-state index contributed by atoms with van der Waals surface area (Å²) in [5, 5.41) is 10.3. The molecule has 1 amide bonds. The zero-order chi connectivity index (χ0) is 20.0. The first-order valence-electron chi connectivity index (χ1n) is 8.41. The maximum absolute atomic E-state index is 12.3. The number of hydrogen-bond acceptors (Lipinski definition) is 5. The van der Waals surface area contributed by atoms with E-state index in [1.807, 2.05) is 0 Å². The van der Waals surface area contributed by atoms with Gasteiger partial charge in [0, 0.05) is 33.7 Å². The summed E-state index contributed by atoms with van der Waals surface area (Å²) in [5.41, 5.74) is 0. The lowest BCUT2D eigenvalue weighted by Gasteiger charge is -2.26. The minimum absolute atomic E-state index is 0.00352. The van der Waals surface area contributed by atoms with E-state index in [0.717, 1.165) is 25.7 Å². The van der Waals surface area contributed by atoms with Crippen LogP contribution in [0.2, 0.25) is 0 Å². The molecule has 0 saturated carbocycles. The van der Waals surface area contributed by atoms with Gasteiger partial charge >= 0.3 is 6.18 Å². The summed E-state index contributed by atoms with van der Waals surface area (Å²) in [4.78, 5) is 20.8. The van der Waals surface area contributed by atoms with Crippen LogP contribution in [-0.2, 0) is 29.1 Å². The van der Waals surface area contributed by atoms with E-state index in [2.05, 4.69) is 25.7 Å². The van der Waals surface area contributed by atoms with Gasteiger partial charge in [0.05, 0.1) is 13.1 Å². The maximum atomic E-state index is 12.3. The molecule has 0 aliphatic carbocycles. The van der Waals surface area contributed by atoms with Gasteiger partial charge in [-0.2, -0.15) is 18.3 Å². The van der Waals surface area contributed by atoms with Crippen LogP contribution in [0.25, 0.3) is 0 Å². The number of methoxy groups -OCH3 is 1. The summed E-state index contributed by atoms with van der Waals surface area (Å²) in [6.45, 7) is -0.671. The second kappa shape index (κ2) is 9.02. The van der Waals surface area contributed by atoms with E-state index in [1.165, 1.54) is 7.05 Å². The number of amides is 1. The average Bonchev–Trinajstić information content (AvgIpc) is 2.98. The van der Waals surface area contributed by atoms with Crippen LogP contribution < -0.4 is 10.6 Å². The quantitative estimate of drug-likeness (QED) is 0.520. The fraction of sp³-hybridized carbons (Fsp3) is 0.733. The van der Waals surface area contributed by atoms with E-state index < -0.39 is 18.6 Å². The van der Waals surface area contributed by atoms with Crippen LogP contribution in [0.15, 0.2) is 4.99 Å². The maximum Gasteiger partial charge on any atom is 0.406 e. The number of nitrogens with zero attached hydrogens (tertiary/aromatic N) is 5. The molecule has 0 radical (unpaired) electrons. The first kappa shape index (κ1) is 20.9. The Hall–Kier alpha value is -2.37. The first-order valence-corrected chi connectivity index (χ1v) is 8.41. The predicted molar refractivity (Wildman–Crippen MR) is 91.0 cm³/mol. The molecule has 27 heavy (non-hydrogen) atoms. The molecular formula is C15H24F3N7O2. The third kappa shape index (κ3) is 6.38. The molecule has 2 N–H and O–H groups in total. The van der Waals surface area contributed by atoms with Crippen LogP contribution in [0.4, 0.5) is 13.2 Å². The lowest BCUT2D eigenvalue weighted by atomic mass is 10.1. The highest BCUT2D eigenvalue weighted by Crippen LogP contribution is 2.15. The number of hydrogen-bond donors (Lipinski definition) is 2. The Bertz CT molecular complexity index is 675. The molecule has 0 aromatic carbocycles. The van der Waals surface area contributed by atoms with Crippen molar-refractivity contribution in [3.8, 4) is 0 Å². The zero-order valence-electron chi connectivity index (χ0n) is 15.5. The van der Waals surface area contributed by atoms with Gasteiger partial charge in [-0.1, -0.05) is 0 Å². The number of carbonyl (C=O) groups excluding carboxylic acids is 1. The third-order valence-electron chi connectivity index (χ3n) is 3.99. The molecule has 2 rings (SSSR count). The Balaban J connectivity index is 1.84. The Morgan fingerprint density at radius 2 is 2.22 bits per heavy atom. The Kier molecular flexibility index (Phi) is 6.99. The van der Waals surface area contributed by atoms with Gasteiger partial charge in [-0.25, -0.2) is 9.67 Å². The highest BCUT2D eigenvalue weighted by molar-refractivity contribution is 5.86. The van der Waals surface area contributed by atoms with Crippen molar-refractivity contribution in [3.05, 3.63) is 11.6 Å². The van der Waals surface area contributed by atoms with Crippen LogP contribution in [0.3, 0.4) is 0 Å². The van der Waals surface area contributed by atoms with Crippen molar-refractivity contribution in [2.24, 2.45) is 4.99 Å². The number of carbonyl (C=O) groups is 1. The summed E-state index contributed by atoms with van der Waals surface area (Å²) in [6.07, 6.45) is -2.92. The summed E-state index contributed by atoms with van der Waals surface area (Å²) in [5.74, 6) is 1.16. The molecule has 1 aliphatic heterocycles. The van der Waals surface area contributed by atoms with Crippen LogP contribution in [-0.4, -0.2) is 78.0 Å². The van der Waals surface area contributed by atoms with Crippen LogP contribution in [0.5, 0.6) is 0 Å². The number of fused-ring (bicyclic) bond motifs is 1. The van der Waals surface area contributed by atoms with E-state index in [0.29, 0.717) is 29.8 Å². The van der Waals surface area contributed by atoms with Crippen molar-refractivity contribution in [3.63, 3.8) is 0 Å². The molecular weight excluding hydrogens is 367 g/mol. The molecule has 2 heterocycles. The molecule has 0 spiro atoms. The first-order chi connectivity index (χ1) is 12.7. The third-order valence-corrected chi connectivity index (χ3v) is 3.99. The highest BCUT2D eigenvalue weighted by Gasteiger charge is 2.31. The molecule has 0 bridgehead atoms. The van der Waals surface area contributed by atoms with E-state index in [1.54, 1.807) is 11.8 Å². The molecule has 1 atom stereocenters. The summed E-state index contributed by atoms with van der Waals surface area (Å²) >= 11 is 0. The number of nitrogens with one attached hydrogen (secondary N) is 2. The van der Waals surface area contributed by atoms with E-state index in [4.69, 9.17) is 4.74 Å². The molecule has 0 fully saturated rings. The van der Waals surface area contributed by atoms with Crippen molar-refractivity contribution in [1.82, 2.24) is 30.3 Å². The van der Waals surface area contributed by atoms with Crippen molar-refractivity contribution in [2.75, 3.05) is 34.3 Å². The number of aliphatic imine (C=N–C) groups is 1. The largest absolute Gasteiger partial charge is 0.406 e. The lowest BCUT2D eigenvalue weighted by molar-refractivity contribution is -0.157. The number of ether oxygens (including phenoxy) is 1. The van der Waals surface area contributed by atoms with E-state index >= 15 is 0 Å². The van der Waals surface area contributed by atoms with Crippen molar-refractivity contribution in [1.29, 1.82) is 0 Å². The molecule has 12 heteroatoms. The van der Waals surface area contributed by atoms with Crippen LogP contribution >= 0.6 is 0 Å². The summed E-state index contributed by atoms with van der Waals surface area (Å²) in [7, 11) is 4.21. The van der Waals surface area contributed by atoms with Crippen LogP contribution in [0.1, 0.15) is 18.1 Å². The standard InChI is InChI=1S/C15H24F3N7O2/c1-19-14(20-6-13(26)24(2)9-15(16,17)18)21-10-4-5-12-22-11(8-27-3)23-25(12)7-10/h10H,4-9H2,1-3H3,(H2,19,20,21). The van der Waals surface area contributed by atoms with Gasteiger partial charge in [0.15, 0.2) is 11.8 Å². The topological polar surface area (TPSA) is 96.7 Å². The normalized spacial score (nSPS) is 17.4. The van der Waals surface area contributed by atoms with Crippen molar-refractivity contribution >= 4 is 11.9 Å². The van der Waals surface area contributed by atoms with Crippen molar-refractivity contribution < 1.29 is 22.7 Å². The lowest BCUT2D eigenvalue weighted by Crippen LogP contribution is -2.50. The average molecular weight is 391 g/mol. The number of halogens is 3. The van der Waals surface area contributed by atoms with Gasteiger partial charge in [-0.15, -0.1) is 0 Å². The van der Waals surface area contributed by atoms with Gasteiger partial charge < -0.3 is 20.3 Å². The van der Waals surface area contributed by atoms with Gasteiger partial charge in [0.1, 0.15) is 19.0 Å². The number of alkyl halides is 3. The Labute approximate surface area is 155 Å². The molecule has 0 saturated heterocycles. The number of guanidine groups is 1.